The van der Waals surface area contributed by atoms with Crippen molar-refractivity contribution in [1.82, 2.24) is 8.47 Å². The Morgan fingerprint density at radius 2 is 0.857 bits per heavy atom. The van der Waals surface area contributed by atoms with Crippen LogP contribution < -0.4 is 0 Å². The lowest BCUT2D eigenvalue weighted by Crippen LogP contribution is -2.45. The van der Waals surface area contributed by atoms with Gasteiger partial charge in [0.05, 0.1) is 0 Å². The smallest absolute Gasteiger partial charge is 0.190 e. The van der Waals surface area contributed by atoms with E-state index in [2.05, 4.69) is 125 Å². The molecule has 0 radical (unpaired) electrons. The fourth-order valence-electron chi connectivity index (χ4n) is 5.86. The van der Waals surface area contributed by atoms with Gasteiger partial charge in [-0.2, -0.15) is 0 Å². The lowest BCUT2D eigenvalue weighted by molar-refractivity contribution is -0.113. The van der Waals surface area contributed by atoms with Crippen LogP contribution in [0.25, 0.3) is 33.0 Å². The molecule has 0 saturated carbocycles. The largest absolute Gasteiger partial charge is 0.373 e. The van der Waals surface area contributed by atoms with Gasteiger partial charge in [-0.1, -0.05) is 104 Å². The first-order valence-corrected chi connectivity index (χ1v) is 20.9. The highest BCUT2D eigenvalue weighted by atomic mass is 28.3. The van der Waals surface area contributed by atoms with Crippen LogP contribution in [0.15, 0.2) is 72.1 Å². The van der Waals surface area contributed by atoms with Crippen molar-refractivity contribution in [3.8, 4) is 0 Å². The summed E-state index contributed by atoms with van der Waals surface area (Å²) < 4.78 is 4.89. The first kappa shape index (κ1) is 30.2. The van der Waals surface area contributed by atoms with E-state index in [0.717, 1.165) is 32.9 Å². The predicted octanol–water partition coefficient (Wildman–Crippen LogP) is 9.70. The van der Waals surface area contributed by atoms with E-state index in [1.165, 1.54) is 0 Å². The topological polar surface area (TPSA) is 44.0 Å². The quantitative estimate of drug-likeness (QED) is 0.174. The van der Waals surface area contributed by atoms with Crippen LogP contribution in [0.5, 0.6) is 0 Å². The molecule has 2 heterocycles. The SMILES string of the molecule is CC1=C(C)C(=O)C(c2cn([Si](C)(C)C(C)(C)C)c3ccccc23)=C(c2cn([Si](C)(C)C(C)(C)C)c3ccccc23)C1=O. The van der Waals surface area contributed by atoms with Gasteiger partial charge in [-0.25, -0.2) is 0 Å². The number of nitrogens with zero attached hydrogens (tertiary/aromatic N) is 2. The highest BCUT2D eigenvalue weighted by Crippen LogP contribution is 2.46. The highest BCUT2D eigenvalue weighted by molar-refractivity contribution is 6.80. The zero-order valence-corrected chi connectivity index (χ0v) is 29.5. The van der Waals surface area contributed by atoms with Crippen molar-refractivity contribution in [2.24, 2.45) is 0 Å². The van der Waals surface area contributed by atoms with Gasteiger partial charge in [0.2, 0.25) is 0 Å². The third-order valence-corrected chi connectivity index (χ3v) is 21.3. The number of para-hydroxylation sites is 2. The van der Waals surface area contributed by atoms with E-state index >= 15 is 0 Å². The van der Waals surface area contributed by atoms with E-state index in [1.54, 1.807) is 13.8 Å². The van der Waals surface area contributed by atoms with Crippen molar-refractivity contribution in [2.45, 2.75) is 91.7 Å². The average Bonchev–Trinajstić information content (AvgIpc) is 3.48. The van der Waals surface area contributed by atoms with E-state index in [4.69, 9.17) is 0 Å². The number of Topliss-reactive ketones (excluding diaryl/α,β-unsaturated/α-hetero) is 2. The van der Waals surface area contributed by atoms with Gasteiger partial charge in [0.25, 0.3) is 0 Å². The van der Waals surface area contributed by atoms with Crippen LogP contribution >= 0.6 is 0 Å². The number of carbonyl (C=O) groups excluding carboxylic acids is 2. The predicted molar refractivity (Wildman–Crippen MR) is 184 cm³/mol. The molecular formula is C36H46N2O2Si2. The van der Waals surface area contributed by atoms with Crippen LogP contribution in [0, 0.1) is 0 Å². The summed E-state index contributed by atoms with van der Waals surface area (Å²) in [6, 6.07) is 16.7. The van der Waals surface area contributed by atoms with Crippen molar-refractivity contribution >= 4 is 61.0 Å². The van der Waals surface area contributed by atoms with Crippen LogP contribution in [-0.4, -0.2) is 36.5 Å². The molecule has 5 rings (SSSR count). The minimum absolute atomic E-state index is 0.0515. The van der Waals surface area contributed by atoms with Gasteiger partial charge in [-0.3, -0.25) is 9.59 Å². The molecule has 4 nitrogen and oxygen atoms in total. The van der Waals surface area contributed by atoms with E-state index in [0.29, 0.717) is 22.3 Å². The molecule has 220 valence electrons. The summed E-state index contributed by atoms with van der Waals surface area (Å²) in [5, 5.41) is 2.21. The van der Waals surface area contributed by atoms with Gasteiger partial charge >= 0.3 is 0 Å². The Morgan fingerprint density at radius 3 is 1.17 bits per heavy atom. The van der Waals surface area contributed by atoms with Crippen LogP contribution in [0.4, 0.5) is 0 Å². The second-order valence-electron chi connectivity index (χ2n) is 15.1. The molecule has 0 unspecified atom stereocenters. The summed E-state index contributed by atoms with van der Waals surface area (Å²) in [4.78, 5) is 28.8. The Balaban J connectivity index is 1.94. The maximum Gasteiger partial charge on any atom is 0.190 e. The summed E-state index contributed by atoms with van der Waals surface area (Å²) in [5.41, 5.74) is 6.12. The second kappa shape index (κ2) is 9.65. The van der Waals surface area contributed by atoms with Crippen molar-refractivity contribution in [3.05, 3.63) is 83.2 Å². The van der Waals surface area contributed by atoms with Crippen LogP contribution in [-0.2, 0) is 9.59 Å². The van der Waals surface area contributed by atoms with Gasteiger partial charge in [0, 0.05) is 67.6 Å². The number of hydrogen-bond donors (Lipinski definition) is 0. The Kier molecular flexibility index (Phi) is 6.94. The Bertz CT molecular complexity index is 1710. The monoisotopic (exact) mass is 594 g/mol. The lowest BCUT2D eigenvalue weighted by Gasteiger charge is -2.38. The van der Waals surface area contributed by atoms with Gasteiger partial charge in [-0.15, -0.1) is 0 Å². The van der Waals surface area contributed by atoms with Crippen molar-refractivity contribution in [3.63, 3.8) is 0 Å². The molecule has 2 aromatic heterocycles. The van der Waals surface area contributed by atoms with Crippen LogP contribution in [0.1, 0.15) is 66.5 Å². The molecule has 0 spiro atoms. The first-order chi connectivity index (χ1) is 19.3. The third kappa shape index (κ3) is 4.29. The number of ketones is 2. The molecule has 0 N–H and O–H groups in total. The standard InChI is InChI=1S/C36H46N2O2Si2/c1-23-24(2)34(40)32(28-22-38(42(11,12)36(6,7)8)30-20-16-14-18-26(28)30)31(33(23)39)27-21-37(41(9,10)35(3,4)5)29-19-15-13-17-25(27)29/h13-22H,1-12H3. The molecule has 0 fully saturated rings. The Hall–Kier alpha value is -3.23. The first-order valence-electron chi connectivity index (χ1n) is 15.1. The molecule has 0 aliphatic heterocycles. The number of rotatable bonds is 4. The lowest BCUT2D eigenvalue weighted by atomic mass is 9.79. The molecule has 6 heteroatoms. The highest BCUT2D eigenvalue weighted by Gasteiger charge is 2.42. The van der Waals surface area contributed by atoms with Gasteiger partial charge in [0.1, 0.15) is 0 Å². The summed E-state index contributed by atoms with van der Waals surface area (Å²) in [5.74, 6) is -0.103. The maximum atomic E-state index is 14.4. The normalized spacial score (nSPS) is 16.0. The second-order valence-corrected chi connectivity index (χ2v) is 25.3. The summed E-state index contributed by atoms with van der Waals surface area (Å²) in [6.45, 7) is 27.0. The molecule has 0 bridgehead atoms. The molecule has 0 atom stereocenters. The Labute approximate surface area is 253 Å². The van der Waals surface area contributed by atoms with E-state index in [1.807, 2.05) is 12.1 Å². The third-order valence-electron chi connectivity index (χ3n) is 10.8. The molecule has 1 aliphatic carbocycles. The number of fused-ring (bicyclic) bond motifs is 2. The fraction of sp³-hybridized carbons (Fsp3) is 0.389. The van der Waals surface area contributed by atoms with Crippen LogP contribution in [0.3, 0.4) is 0 Å². The van der Waals surface area contributed by atoms with Crippen LogP contribution in [0.2, 0.25) is 36.3 Å². The minimum atomic E-state index is -2.06. The summed E-state index contributed by atoms with van der Waals surface area (Å²) >= 11 is 0. The number of allylic oxidation sites excluding steroid dienone is 4. The molecule has 0 amide bonds. The zero-order chi connectivity index (χ0) is 31.2. The van der Waals surface area contributed by atoms with Crippen molar-refractivity contribution in [1.29, 1.82) is 0 Å². The average molecular weight is 595 g/mol. The van der Waals surface area contributed by atoms with Gasteiger partial charge in [0.15, 0.2) is 28.0 Å². The fourth-order valence-corrected chi connectivity index (χ4v) is 9.81. The summed E-state index contributed by atoms with van der Waals surface area (Å²) in [6.07, 6.45) is 4.37. The van der Waals surface area contributed by atoms with Crippen molar-refractivity contribution in [2.75, 3.05) is 0 Å². The van der Waals surface area contributed by atoms with Crippen molar-refractivity contribution < 1.29 is 9.59 Å². The van der Waals surface area contributed by atoms with E-state index in [-0.39, 0.29) is 21.6 Å². The maximum absolute atomic E-state index is 14.4. The molecule has 4 aromatic rings. The Morgan fingerprint density at radius 1 is 0.548 bits per heavy atom. The molecule has 1 aliphatic rings. The minimum Gasteiger partial charge on any atom is -0.373 e. The van der Waals surface area contributed by atoms with E-state index in [9.17, 15) is 9.59 Å². The molecule has 42 heavy (non-hydrogen) atoms. The van der Waals surface area contributed by atoms with Gasteiger partial charge in [-0.05, 0) is 36.1 Å². The summed E-state index contributed by atoms with van der Waals surface area (Å²) in [7, 11) is -4.11. The number of hydrogen-bond acceptors (Lipinski definition) is 2. The molecular weight excluding hydrogens is 549 g/mol. The molecule has 2 aromatic carbocycles. The number of aromatic nitrogens is 2. The zero-order valence-electron chi connectivity index (χ0n) is 27.5. The molecule has 0 saturated heterocycles. The number of benzene rings is 2. The van der Waals surface area contributed by atoms with Gasteiger partial charge < -0.3 is 8.47 Å². The van der Waals surface area contributed by atoms with E-state index < -0.39 is 16.5 Å². The number of carbonyl (C=O) groups is 2.